The molecule has 20 heavy (non-hydrogen) atoms. The molecule has 2 aromatic rings. The smallest absolute Gasteiger partial charge is 0.207 e. The van der Waals surface area contributed by atoms with Gasteiger partial charge >= 0.3 is 0 Å². The molecular weight excluding hydrogens is 342 g/mol. The number of benzene rings is 1. The van der Waals surface area contributed by atoms with Crippen LogP contribution in [-0.4, -0.2) is 22.8 Å². The quantitative estimate of drug-likeness (QED) is 0.742. The van der Waals surface area contributed by atoms with E-state index in [1.807, 2.05) is 31.3 Å². The van der Waals surface area contributed by atoms with Gasteiger partial charge in [-0.3, -0.25) is 0 Å². The second kappa shape index (κ2) is 7.67. The number of rotatable bonds is 7. The summed E-state index contributed by atoms with van der Waals surface area (Å²) >= 11 is 9.59. The Hall–Kier alpha value is -1.04. The van der Waals surface area contributed by atoms with Gasteiger partial charge in [0.2, 0.25) is 5.95 Å². The number of aryl methyl sites for hydroxylation is 1. The number of halogens is 2. The van der Waals surface area contributed by atoms with Crippen LogP contribution in [0.3, 0.4) is 0 Å². The third kappa shape index (κ3) is 4.23. The molecule has 0 aliphatic heterocycles. The molecule has 0 bridgehead atoms. The van der Waals surface area contributed by atoms with E-state index in [0.717, 1.165) is 42.3 Å². The van der Waals surface area contributed by atoms with Crippen LogP contribution in [0.15, 0.2) is 35.1 Å². The predicted octanol–water partition coefficient (Wildman–Crippen LogP) is 4.47. The van der Waals surface area contributed by atoms with E-state index in [-0.39, 0.29) is 0 Å². The van der Waals surface area contributed by atoms with E-state index < -0.39 is 0 Å². The molecule has 0 aliphatic carbocycles. The normalized spacial score (nSPS) is 10.8. The lowest BCUT2D eigenvalue weighted by Crippen LogP contribution is -2.06. The molecule has 0 atom stereocenters. The highest BCUT2D eigenvalue weighted by atomic mass is 79.9. The van der Waals surface area contributed by atoms with Crippen LogP contribution in [-0.2, 0) is 11.3 Å². The molecule has 108 valence electrons. The van der Waals surface area contributed by atoms with Gasteiger partial charge in [0.25, 0.3) is 0 Å². The fourth-order valence-corrected chi connectivity index (χ4v) is 2.53. The van der Waals surface area contributed by atoms with Crippen LogP contribution in [0.4, 0.5) is 11.6 Å². The molecule has 0 amide bonds. The maximum Gasteiger partial charge on any atom is 0.207 e. The van der Waals surface area contributed by atoms with Crippen molar-refractivity contribution in [3.8, 4) is 0 Å². The average molecular weight is 359 g/mol. The molecular formula is C14H17BrClN3O. The highest BCUT2D eigenvalue weighted by Crippen LogP contribution is 2.27. The summed E-state index contributed by atoms with van der Waals surface area (Å²) in [5.41, 5.74) is 0.840. The summed E-state index contributed by atoms with van der Waals surface area (Å²) in [5.74, 6) is 0.783. The number of imidazole rings is 1. The Bertz CT molecular complexity index is 559. The largest absolute Gasteiger partial charge is 0.382 e. The van der Waals surface area contributed by atoms with E-state index in [1.165, 1.54) is 0 Å². The summed E-state index contributed by atoms with van der Waals surface area (Å²) in [6.07, 6.45) is 4.67. The molecule has 6 heteroatoms. The molecule has 0 saturated carbocycles. The van der Waals surface area contributed by atoms with Gasteiger partial charge in [-0.25, -0.2) is 4.98 Å². The van der Waals surface area contributed by atoms with Crippen molar-refractivity contribution in [1.82, 2.24) is 9.55 Å². The van der Waals surface area contributed by atoms with Gasteiger partial charge in [0, 0.05) is 36.6 Å². The molecule has 1 heterocycles. The van der Waals surface area contributed by atoms with Gasteiger partial charge in [-0.2, -0.15) is 0 Å². The summed E-state index contributed by atoms with van der Waals surface area (Å²) in [4.78, 5) is 4.31. The molecule has 0 unspecified atom stereocenters. The van der Waals surface area contributed by atoms with Crippen LogP contribution in [0.25, 0.3) is 0 Å². The Kier molecular flexibility index (Phi) is 5.88. The number of nitrogens with one attached hydrogen (secondary N) is 1. The highest BCUT2D eigenvalue weighted by molar-refractivity contribution is 9.10. The SMILES string of the molecule is CCOCCCn1ccnc1Nc1ccc(Br)cc1Cl. The number of aromatic nitrogens is 2. The number of hydrogen-bond donors (Lipinski definition) is 1. The average Bonchev–Trinajstić information content (AvgIpc) is 2.85. The van der Waals surface area contributed by atoms with Crippen molar-refractivity contribution in [3.63, 3.8) is 0 Å². The third-order valence-electron chi connectivity index (χ3n) is 2.78. The van der Waals surface area contributed by atoms with Crippen molar-refractivity contribution in [2.24, 2.45) is 0 Å². The standard InChI is InChI=1S/C14H17BrClN3O/c1-2-20-9-3-7-19-8-6-17-14(19)18-13-5-4-11(15)10-12(13)16/h4-6,8,10H,2-3,7,9H2,1H3,(H,17,18). The Morgan fingerprint density at radius 1 is 1.45 bits per heavy atom. The minimum Gasteiger partial charge on any atom is -0.382 e. The lowest BCUT2D eigenvalue weighted by Gasteiger charge is -2.11. The first kappa shape index (κ1) is 15.4. The molecule has 0 saturated heterocycles. The number of anilines is 2. The molecule has 0 spiro atoms. The van der Waals surface area contributed by atoms with E-state index >= 15 is 0 Å². The molecule has 0 fully saturated rings. The van der Waals surface area contributed by atoms with Gasteiger partial charge < -0.3 is 14.6 Å². The highest BCUT2D eigenvalue weighted by Gasteiger charge is 2.06. The van der Waals surface area contributed by atoms with Crippen molar-refractivity contribution in [1.29, 1.82) is 0 Å². The minimum absolute atomic E-state index is 0.656. The molecule has 0 aliphatic rings. The van der Waals surface area contributed by atoms with Gasteiger partial charge in [0.15, 0.2) is 0 Å². The van der Waals surface area contributed by atoms with Crippen LogP contribution in [0.2, 0.25) is 5.02 Å². The van der Waals surface area contributed by atoms with Gasteiger partial charge in [0.05, 0.1) is 10.7 Å². The Morgan fingerprint density at radius 3 is 3.05 bits per heavy atom. The van der Waals surface area contributed by atoms with Gasteiger partial charge in [-0.15, -0.1) is 0 Å². The van der Waals surface area contributed by atoms with Crippen LogP contribution in [0.5, 0.6) is 0 Å². The van der Waals surface area contributed by atoms with E-state index in [0.29, 0.717) is 5.02 Å². The molecule has 1 aromatic heterocycles. The third-order valence-corrected chi connectivity index (χ3v) is 3.59. The summed E-state index contributed by atoms with van der Waals surface area (Å²) in [5, 5.41) is 3.90. The Labute approximate surface area is 132 Å². The zero-order valence-electron chi connectivity index (χ0n) is 11.3. The maximum absolute atomic E-state index is 6.19. The zero-order valence-corrected chi connectivity index (χ0v) is 13.6. The number of nitrogens with zero attached hydrogens (tertiary/aromatic N) is 2. The second-order valence-corrected chi connectivity index (χ2v) is 5.57. The molecule has 4 nitrogen and oxygen atoms in total. The monoisotopic (exact) mass is 357 g/mol. The van der Waals surface area contributed by atoms with Crippen molar-refractivity contribution < 1.29 is 4.74 Å². The lowest BCUT2D eigenvalue weighted by molar-refractivity contribution is 0.142. The molecule has 1 N–H and O–H groups in total. The van der Waals surface area contributed by atoms with Gasteiger partial charge in [0.1, 0.15) is 0 Å². The van der Waals surface area contributed by atoms with Crippen LogP contribution in [0.1, 0.15) is 13.3 Å². The van der Waals surface area contributed by atoms with E-state index in [2.05, 4.69) is 30.8 Å². The van der Waals surface area contributed by atoms with Crippen LogP contribution in [0, 0.1) is 0 Å². The van der Waals surface area contributed by atoms with Gasteiger partial charge in [-0.1, -0.05) is 27.5 Å². The minimum atomic E-state index is 0.656. The summed E-state index contributed by atoms with van der Waals surface area (Å²) in [6.45, 7) is 4.37. The fraction of sp³-hybridized carbons (Fsp3) is 0.357. The number of hydrogen-bond acceptors (Lipinski definition) is 3. The van der Waals surface area contributed by atoms with Crippen molar-refractivity contribution in [3.05, 3.63) is 40.1 Å². The first-order valence-electron chi connectivity index (χ1n) is 6.51. The van der Waals surface area contributed by atoms with Crippen LogP contribution >= 0.6 is 27.5 Å². The van der Waals surface area contributed by atoms with E-state index in [4.69, 9.17) is 16.3 Å². The Balaban J connectivity index is 2.01. The van der Waals surface area contributed by atoms with Crippen LogP contribution < -0.4 is 5.32 Å². The maximum atomic E-state index is 6.19. The second-order valence-electron chi connectivity index (χ2n) is 4.24. The summed E-state index contributed by atoms with van der Waals surface area (Å²) < 4.78 is 8.35. The van der Waals surface area contributed by atoms with E-state index in [9.17, 15) is 0 Å². The molecule has 1 aromatic carbocycles. The topological polar surface area (TPSA) is 39.1 Å². The van der Waals surface area contributed by atoms with Gasteiger partial charge in [-0.05, 0) is 31.5 Å². The Morgan fingerprint density at radius 2 is 2.30 bits per heavy atom. The summed E-state index contributed by atoms with van der Waals surface area (Å²) in [7, 11) is 0. The molecule has 2 rings (SSSR count). The van der Waals surface area contributed by atoms with Crippen molar-refractivity contribution >= 4 is 39.2 Å². The van der Waals surface area contributed by atoms with E-state index in [1.54, 1.807) is 6.20 Å². The first-order chi connectivity index (χ1) is 9.70. The first-order valence-corrected chi connectivity index (χ1v) is 7.68. The molecule has 0 radical (unpaired) electrons. The zero-order chi connectivity index (χ0) is 14.4. The lowest BCUT2D eigenvalue weighted by atomic mass is 10.3. The summed E-state index contributed by atoms with van der Waals surface area (Å²) in [6, 6.07) is 5.72. The number of ether oxygens (including phenoxy) is 1. The van der Waals surface area contributed by atoms with Crippen molar-refractivity contribution in [2.45, 2.75) is 19.9 Å². The van der Waals surface area contributed by atoms with Crippen molar-refractivity contribution in [2.75, 3.05) is 18.5 Å². The predicted molar refractivity (Wildman–Crippen MR) is 85.8 cm³/mol. The fourth-order valence-electron chi connectivity index (χ4n) is 1.81.